The van der Waals surface area contributed by atoms with Gasteiger partial charge in [-0.2, -0.15) is 0 Å². The monoisotopic (exact) mass is 540 g/mol. The molecule has 0 atom stereocenters. The third kappa shape index (κ3) is 5.06. The molecule has 0 bridgehead atoms. The van der Waals surface area contributed by atoms with Crippen molar-refractivity contribution in [1.82, 2.24) is 0 Å². The summed E-state index contributed by atoms with van der Waals surface area (Å²) in [7, 11) is -1.88. The summed E-state index contributed by atoms with van der Waals surface area (Å²) in [5.41, 5.74) is 0. The zero-order chi connectivity index (χ0) is 22.3. The van der Waals surface area contributed by atoms with Crippen molar-refractivity contribution in [3.8, 4) is 0 Å². The van der Waals surface area contributed by atoms with Crippen molar-refractivity contribution in [2.75, 3.05) is 4.95 Å². The molecule has 0 saturated carbocycles. The number of halogens is 1. The first-order chi connectivity index (χ1) is 16.4. The van der Waals surface area contributed by atoms with Crippen LogP contribution < -0.4 is 37.0 Å². The molecule has 0 fully saturated rings. The minimum atomic E-state index is -1.88. The summed E-state index contributed by atoms with van der Waals surface area (Å²) in [6, 6.07) is 56.3. The zero-order valence-electron chi connectivity index (χ0n) is 18.9. The molecule has 0 aliphatic rings. The van der Waals surface area contributed by atoms with Gasteiger partial charge in [0.25, 0.3) is 0 Å². The van der Waals surface area contributed by atoms with Gasteiger partial charge in [-0.15, -0.1) is 0 Å². The normalized spacial score (nSPS) is 11.1. The van der Waals surface area contributed by atoms with Gasteiger partial charge in [0.2, 0.25) is 0 Å². The van der Waals surface area contributed by atoms with Gasteiger partial charge in [0.15, 0.2) is 0 Å². The Kier molecular flexibility index (Phi) is 8.42. The average Bonchev–Trinajstić information content (AvgIpc) is 2.92. The van der Waals surface area contributed by atoms with Crippen LogP contribution in [0, 0.1) is 0 Å². The first-order valence-corrected chi connectivity index (χ1v) is 16.5. The van der Waals surface area contributed by atoms with Crippen molar-refractivity contribution >= 4 is 46.5 Å². The average molecular weight is 541 g/mol. The Bertz CT molecular complexity index is 1130. The zero-order valence-corrected chi connectivity index (χ0v) is 22.4. The molecule has 5 aromatic carbocycles. The maximum absolute atomic E-state index is 2.36. The fraction of sp³-hybridized carbons (Fsp3) is 0.0323. The van der Waals surface area contributed by atoms with Gasteiger partial charge < -0.3 is 12.4 Å². The molecule has 0 nitrogen and oxygen atoms in total. The third-order valence-electron chi connectivity index (χ3n) is 6.08. The van der Waals surface area contributed by atoms with E-state index in [1.165, 1.54) is 29.6 Å². The van der Waals surface area contributed by atoms with Gasteiger partial charge in [0, 0.05) is 0 Å². The van der Waals surface area contributed by atoms with Gasteiger partial charge in [-0.1, -0.05) is 0 Å². The summed E-state index contributed by atoms with van der Waals surface area (Å²) < 4.78 is 3.03. The SMILES string of the molecule is [Cl-].c1ccc([As](C[P+](c2ccccc2)(c2ccccc2)c2ccccc2)c2ccccc2)cc1. The van der Waals surface area contributed by atoms with E-state index < -0.39 is 21.9 Å². The van der Waals surface area contributed by atoms with E-state index in [-0.39, 0.29) is 12.4 Å². The molecule has 0 N–H and O–H groups in total. The first kappa shape index (κ1) is 24.5. The van der Waals surface area contributed by atoms with Crippen molar-refractivity contribution in [2.24, 2.45) is 0 Å². The van der Waals surface area contributed by atoms with E-state index >= 15 is 0 Å². The van der Waals surface area contributed by atoms with Crippen LogP contribution in [0.2, 0.25) is 0 Å². The van der Waals surface area contributed by atoms with Gasteiger partial charge in [-0.25, -0.2) is 0 Å². The number of hydrogen-bond donors (Lipinski definition) is 0. The number of hydrogen-bond acceptors (Lipinski definition) is 0. The van der Waals surface area contributed by atoms with E-state index in [9.17, 15) is 0 Å². The van der Waals surface area contributed by atoms with Crippen molar-refractivity contribution < 1.29 is 12.4 Å². The molecule has 0 saturated heterocycles. The first-order valence-electron chi connectivity index (χ1n) is 11.3. The molecule has 0 amide bonds. The van der Waals surface area contributed by atoms with Crippen LogP contribution in [0.3, 0.4) is 0 Å². The molecule has 5 aromatic rings. The molecule has 0 unspecified atom stereocenters. The molecule has 0 aliphatic heterocycles. The number of benzene rings is 5. The van der Waals surface area contributed by atoms with Crippen LogP contribution in [0.5, 0.6) is 0 Å². The quantitative estimate of drug-likeness (QED) is 0.218. The van der Waals surface area contributed by atoms with E-state index in [1.54, 1.807) is 0 Å². The Labute approximate surface area is 214 Å². The topological polar surface area (TPSA) is 0 Å². The third-order valence-corrected chi connectivity index (χ3v) is 18.6. The van der Waals surface area contributed by atoms with Crippen LogP contribution in [-0.4, -0.2) is 19.6 Å². The second-order valence-corrected chi connectivity index (χ2v) is 17.3. The Morgan fingerprint density at radius 2 is 0.647 bits per heavy atom. The van der Waals surface area contributed by atoms with E-state index in [1.807, 2.05) is 0 Å². The Morgan fingerprint density at radius 3 is 0.941 bits per heavy atom. The van der Waals surface area contributed by atoms with E-state index in [0.717, 1.165) is 0 Å². The second-order valence-electron chi connectivity index (χ2n) is 8.06. The van der Waals surface area contributed by atoms with Crippen LogP contribution in [0.25, 0.3) is 0 Å². The van der Waals surface area contributed by atoms with Crippen molar-refractivity contribution in [3.63, 3.8) is 0 Å². The molecule has 34 heavy (non-hydrogen) atoms. The van der Waals surface area contributed by atoms with Crippen LogP contribution in [0.15, 0.2) is 152 Å². The molecular weight excluding hydrogens is 514 g/mol. The molecule has 0 spiro atoms. The molecule has 3 heteroatoms. The second kappa shape index (κ2) is 11.7. The molecule has 5 rings (SSSR count). The summed E-state index contributed by atoms with van der Waals surface area (Å²) >= 11 is -1.63. The summed E-state index contributed by atoms with van der Waals surface area (Å²) in [6.45, 7) is 0. The van der Waals surface area contributed by atoms with Crippen LogP contribution in [-0.2, 0) is 0 Å². The summed E-state index contributed by atoms with van der Waals surface area (Å²) in [6.07, 6.45) is 0. The van der Waals surface area contributed by atoms with Crippen molar-refractivity contribution in [3.05, 3.63) is 152 Å². The van der Waals surface area contributed by atoms with Gasteiger partial charge in [-0.3, -0.25) is 0 Å². The molecule has 0 radical (unpaired) electrons. The van der Waals surface area contributed by atoms with Gasteiger partial charge in [0.1, 0.15) is 0 Å². The number of rotatable bonds is 7. The van der Waals surface area contributed by atoms with Crippen molar-refractivity contribution in [2.45, 2.75) is 0 Å². The molecule has 0 heterocycles. The van der Waals surface area contributed by atoms with Gasteiger partial charge in [0.05, 0.1) is 0 Å². The predicted molar refractivity (Wildman–Crippen MR) is 148 cm³/mol. The van der Waals surface area contributed by atoms with E-state index in [2.05, 4.69) is 152 Å². The molecule has 0 aliphatic carbocycles. The predicted octanol–water partition coefficient (Wildman–Crippen LogP) is 1.83. The van der Waals surface area contributed by atoms with E-state index in [0.29, 0.717) is 0 Å². The maximum atomic E-state index is 2.36. The van der Waals surface area contributed by atoms with Crippen LogP contribution in [0.4, 0.5) is 0 Å². The van der Waals surface area contributed by atoms with E-state index in [4.69, 9.17) is 0 Å². The molecule has 0 aromatic heterocycles. The summed E-state index contributed by atoms with van der Waals surface area (Å²) in [5.74, 6) is 0. The standard InChI is InChI=1S/C31H27AsP.ClH/c1-6-16-27(17-7-1)32(28-18-8-2-9-19-28)26-33(29-20-10-3-11-21-29,30-22-12-4-13-23-30)31-24-14-5-15-25-31;/h1-25H,26H2;1H/q+1;/p-1. The van der Waals surface area contributed by atoms with Gasteiger partial charge in [-0.05, 0) is 0 Å². The fourth-order valence-corrected chi connectivity index (χ4v) is 19.3. The van der Waals surface area contributed by atoms with Crippen molar-refractivity contribution in [1.29, 1.82) is 0 Å². The molecule has 168 valence electrons. The Balaban J connectivity index is 0.00000274. The summed E-state index contributed by atoms with van der Waals surface area (Å²) in [4.78, 5) is 1.19. The summed E-state index contributed by atoms with van der Waals surface area (Å²) in [5, 5.41) is 4.40. The van der Waals surface area contributed by atoms with Crippen LogP contribution in [0.1, 0.15) is 0 Å². The molecular formula is C31H27AsClP. The fourth-order valence-electron chi connectivity index (χ4n) is 4.48. The Morgan fingerprint density at radius 1 is 0.382 bits per heavy atom. The van der Waals surface area contributed by atoms with Crippen LogP contribution >= 0.6 is 7.26 Å². The van der Waals surface area contributed by atoms with Gasteiger partial charge >= 0.3 is 203 Å². The minimum absolute atomic E-state index is 0. The Hall–Kier alpha value is -2.62.